The third kappa shape index (κ3) is 3.15. The molecule has 1 aliphatic rings. The van der Waals surface area contributed by atoms with E-state index in [1.54, 1.807) is 6.92 Å². The van der Waals surface area contributed by atoms with Crippen molar-refractivity contribution in [2.24, 2.45) is 0 Å². The summed E-state index contributed by atoms with van der Waals surface area (Å²) in [6.07, 6.45) is 2.87. The Hall–Kier alpha value is -2.09. The van der Waals surface area contributed by atoms with E-state index in [1.165, 1.54) is 5.56 Å². The van der Waals surface area contributed by atoms with Crippen molar-refractivity contribution >= 4 is 5.97 Å². The predicted octanol–water partition coefficient (Wildman–Crippen LogP) is 2.51. The largest absolute Gasteiger partial charge is 0.465 e. The number of carbonyl (C=O) groups is 1. The van der Waals surface area contributed by atoms with Gasteiger partial charge in [0.05, 0.1) is 12.3 Å². The molecule has 0 saturated heterocycles. The van der Waals surface area contributed by atoms with E-state index in [2.05, 4.69) is 24.9 Å². The second-order valence-electron chi connectivity index (χ2n) is 5.35. The van der Waals surface area contributed by atoms with E-state index < -0.39 is 5.97 Å². The van der Waals surface area contributed by atoms with E-state index in [-0.39, 0.29) is 18.4 Å². The molecule has 1 aromatic rings. The first kappa shape index (κ1) is 15.3. The zero-order valence-electron chi connectivity index (χ0n) is 12.7. The van der Waals surface area contributed by atoms with Gasteiger partial charge in [0.15, 0.2) is 6.61 Å². The lowest BCUT2D eigenvalue weighted by atomic mass is 9.98. The van der Waals surface area contributed by atoms with Gasteiger partial charge in [0.25, 0.3) is 0 Å². The van der Waals surface area contributed by atoms with Gasteiger partial charge < -0.3 is 9.47 Å². The van der Waals surface area contributed by atoms with Gasteiger partial charge in [-0.15, -0.1) is 0 Å². The monoisotopic (exact) mass is 288 g/mol. The highest BCUT2D eigenvalue weighted by Crippen LogP contribution is 2.35. The summed E-state index contributed by atoms with van der Waals surface area (Å²) in [4.78, 5) is 15.9. The third-order valence-corrected chi connectivity index (χ3v) is 3.56. The molecule has 0 aromatic carbocycles. The number of carbonyl (C=O) groups excluding carboxylic acids is 1. The Morgan fingerprint density at radius 1 is 1.38 bits per heavy atom. The fraction of sp³-hybridized carbons (Fsp3) is 0.562. The standard InChI is InChI=1S/C16H20N2O3/c1-4-20-14(19)9-21-16-13(8-17)11-6-5-7-12(11)15(18-16)10(2)3/h10H,4-7,9H2,1-3H3. The SMILES string of the molecule is CCOC(=O)COc1nc(C(C)C)c2c(c1C#N)CCC2. The van der Waals surface area contributed by atoms with Crippen LogP contribution in [0.4, 0.5) is 0 Å². The number of esters is 1. The lowest BCUT2D eigenvalue weighted by Gasteiger charge is -2.15. The van der Waals surface area contributed by atoms with Crippen LogP contribution in [0.15, 0.2) is 0 Å². The molecule has 0 bridgehead atoms. The van der Waals surface area contributed by atoms with E-state index in [1.807, 2.05) is 0 Å². The van der Waals surface area contributed by atoms with Gasteiger partial charge in [0, 0.05) is 0 Å². The van der Waals surface area contributed by atoms with Gasteiger partial charge in [0.1, 0.15) is 11.6 Å². The number of hydrogen-bond donors (Lipinski definition) is 0. The Morgan fingerprint density at radius 3 is 2.71 bits per heavy atom. The average Bonchev–Trinajstić information content (AvgIpc) is 2.92. The van der Waals surface area contributed by atoms with Crippen molar-refractivity contribution in [2.75, 3.05) is 13.2 Å². The zero-order valence-corrected chi connectivity index (χ0v) is 12.7. The predicted molar refractivity (Wildman–Crippen MR) is 77.2 cm³/mol. The minimum atomic E-state index is -0.449. The maximum atomic E-state index is 11.4. The van der Waals surface area contributed by atoms with Crippen LogP contribution in [0, 0.1) is 11.3 Å². The zero-order chi connectivity index (χ0) is 15.4. The highest BCUT2D eigenvalue weighted by atomic mass is 16.6. The molecule has 1 aromatic heterocycles. The van der Waals surface area contributed by atoms with Crippen LogP contribution >= 0.6 is 0 Å². The number of fused-ring (bicyclic) bond motifs is 1. The van der Waals surface area contributed by atoms with Gasteiger partial charge in [-0.1, -0.05) is 13.8 Å². The van der Waals surface area contributed by atoms with Crippen molar-refractivity contribution in [1.82, 2.24) is 4.98 Å². The van der Waals surface area contributed by atoms with Crippen LogP contribution < -0.4 is 4.74 Å². The van der Waals surface area contributed by atoms with Crippen LogP contribution in [0.25, 0.3) is 0 Å². The molecule has 112 valence electrons. The second kappa shape index (κ2) is 6.57. The maximum absolute atomic E-state index is 11.4. The van der Waals surface area contributed by atoms with Crippen molar-refractivity contribution in [3.8, 4) is 11.9 Å². The Labute approximate surface area is 124 Å². The summed E-state index contributed by atoms with van der Waals surface area (Å²) in [6, 6.07) is 2.18. The fourth-order valence-electron chi connectivity index (χ4n) is 2.69. The molecular weight excluding hydrogens is 268 g/mol. The van der Waals surface area contributed by atoms with Crippen molar-refractivity contribution in [3.05, 3.63) is 22.4 Å². The number of pyridine rings is 1. The molecule has 1 heterocycles. The Balaban J connectivity index is 2.34. The minimum absolute atomic E-state index is 0.216. The molecule has 0 amide bonds. The van der Waals surface area contributed by atoms with Crippen molar-refractivity contribution < 1.29 is 14.3 Å². The second-order valence-corrected chi connectivity index (χ2v) is 5.35. The fourth-order valence-corrected chi connectivity index (χ4v) is 2.69. The summed E-state index contributed by atoms with van der Waals surface area (Å²) in [7, 11) is 0. The first-order valence-corrected chi connectivity index (χ1v) is 7.32. The molecular formula is C16H20N2O3. The molecule has 0 atom stereocenters. The molecule has 0 fully saturated rings. The van der Waals surface area contributed by atoms with Gasteiger partial charge in [-0.2, -0.15) is 5.26 Å². The van der Waals surface area contributed by atoms with Gasteiger partial charge in [0.2, 0.25) is 5.88 Å². The molecule has 5 nitrogen and oxygen atoms in total. The molecule has 0 radical (unpaired) electrons. The Kier molecular flexibility index (Phi) is 4.79. The summed E-state index contributed by atoms with van der Waals surface area (Å²) in [5.41, 5.74) is 3.66. The molecule has 0 unspecified atom stereocenters. The van der Waals surface area contributed by atoms with Crippen LogP contribution in [0.3, 0.4) is 0 Å². The highest BCUT2D eigenvalue weighted by molar-refractivity contribution is 5.71. The number of rotatable bonds is 5. The number of nitriles is 1. The molecule has 0 saturated carbocycles. The van der Waals surface area contributed by atoms with Gasteiger partial charge >= 0.3 is 5.97 Å². The normalized spacial score (nSPS) is 12.9. The first-order valence-electron chi connectivity index (χ1n) is 7.32. The van der Waals surface area contributed by atoms with E-state index in [4.69, 9.17) is 9.47 Å². The summed E-state index contributed by atoms with van der Waals surface area (Å²) in [6.45, 7) is 5.97. The summed E-state index contributed by atoms with van der Waals surface area (Å²) < 4.78 is 10.3. The van der Waals surface area contributed by atoms with E-state index >= 15 is 0 Å². The average molecular weight is 288 g/mol. The number of aromatic nitrogens is 1. The summed E-state index contributed by atoms with van der Waals surface area (Å²) in [5.74, 6) is 0.0687. The highest BCUT2D eigenvalue weighted by Gasteiger charge is 2.25. The number of nitrogens with zero attached hydrogens (tertiary/aromatic N) is 2. The van der Waals surface area contributed by atoms with Crippen LogP contribution in [0.5, 0.6) is 5.88 Å². The van der Waals surface area contributed by atoms with Crippen molar-refractivity contribution in [2.45, 2.75) is 46.0 Å². The third-order valence-electron chi connectivity index (χ3n) is 3.56. The van der Waals surface area contributed by atoms with E-state index in [9.17, 15) is 10.1 Å². The summed E-state index contributed by atoms with van der Waals surface area (Å²) in [5, 5.41) is 9.39. The molecule has 0 N–H and O–H groups in total. The Bertz CT molecular complexity index is 588. The lowest BCUT2D eigenvalue weighted by Crippen LogP contribution is -2.17. The minimum Gasteiger partial charge on any atom is -0.465 e. The molecule has 2 rings (SSSR count). The van der Waals surface area contributed by atoms with Gasteiger partial charge in [-0.3, -0.25) is 0 Å². The lowest BCUT2D eigenvalue weighted by molar-refractivity contribution is -0.145. The molecule has 21 heavy (non-hydrogen) atoms. The quantitative estimate of drug-likeness (QED) is 0.778. The van der Waals surface area contributed by atoms with Crippen LogP contribution in [0.2, 0.25) is 0 Å². The maximum Gasteiger partial charge on any atom is 0.344 e. The van der Waals surface area contributed by atoms with E-state index in [0.717, 1.165) is 30.5 Å². The molecule has 1 aliphatic carbocycles. The molecule has 0 aliphatic heterocycles. The topological polar surface area (TPSA) is 72.2 Å². The van der Waals surface area contributed by atoms with Gasteiger partial charge in [-0.25, -0.2) is 9.78 Å². The molecule has 5 heteroatoms. The van der Waals surface area contributed by atoms with Crippen LogP contribution in [-0.2, 0) is 22.4 Å². The Morgan fingerprint density at radius 2 is 2.10 bits per heavy atom. The summed E-state index contributed by atoms with van der Waals surface area (Å²) >= 11 is 0. The van der Waals surface area contributed by atoms with E-state index in [0.29, 0.717) is 12.2 Å². The number of hydrogen-bond acceptors (Lipinski definition) is 5. The smallest absolute Gasteiger partial charge is 0.344 e. The molecule has 0 spiro atoms. The van der Waals surface area contributed by atoms with Crippen molar-refractivity contribution in [3.63, 3.8) is 0 Å². The van der Waals surface area contributed by atoms with Crippen molar-refractivity contribution in [1.29, 1.82) is 5.26 Å². The number of ether oxygens (including phenoxy) is 2. The first-order chi connectivity index (χ1) is 10.1. The van der Waals surface area contributed by atoms with Gasteiger partial charge in [-0.05, 0) is 43.2 Å². The van der Waals surface area contributed by atoms with Crippen LogP contribution in [0.1, 0.15) is 55.5 Å². The van der Waals surface area contributed by atoms with Crippen LogP contribution in [-0.4, -0.2) is 24.2 Å².